The minimum Gasteiger partial charge on any atom is -0.490 e. The lowest BCUT2D eigenvalue weighted by atomic mass is 10.1. The van der Waals surface area contributed by atoms with E-state index in [0.717, 1.165) is 5.56 Å². The molecule has 0 unspecified atom stereocenters. The Bertz CT molecular complexity index is 1330. The van der Waals surface area contributed by atoms with Crippen LogP contribution < -0.4 is 19.7 Å². The quantitative estimate of drug-likeness (QED) is 0.239. The average molecular weight is 527 g/mol. The van der Waals surface area contributed by atoms with Crippen LogP contribution in [0.4, 0.5) is 5.69 Å². The summed E-state index contributed by atoms with van der Waals surface area (Å²) in [7, 11) is 0. The number of rotatable bonds is 7. The first-order chi connectivity index (χ1) is 16.9. The first-order valence-electron chi connectivity index (χ1n) is 10.7. The van der Waals surface area contributed by atoms with Gasteiger partial charge in [-0.05, 0) is 61.1 Å². The molecule has 1 aliphatic heterocycles. The minimum absolute atomic E-state index is 0.0136. The fraction of sp³-hybridized carbons (Fsp3) is 0.115. The van der Waals surface area contributed by atoms with Crippen LogP contribution in [-0.4, -0.2) is 23.5 Å². The van der Waals surface area contributed by atoms with E-state index in [1.54, 1.807) is 42.5 Å². The van der Waals surface area contributed by atoms with Gasteiger partial charge in [0.2, 0.25) is 0 Å². The first kappa shape index (κ1) is 24.7. The molecule has 35 heavy (non-hydrogen) atoms. The minimum atomic E-state index is -0.597. The Labute approximate surface area is 218 Å². The van der Waals surface area contributed by atoms with E-state index < -0.39 is 11.8 Å². The van der Waals surface area contributed by atoms with Crippen molar-refractivity contribution in [3.8, 4) is 11.5 Å². The lowest BCUT2D eigenvalue weighted by Crippen LogP contribution is -2.54. The van der Waals surface area contributed by atoms with Crippen molar-refractivity contribution in [1.82, 2.24) is 5.32 Å². The Hall–Kier alpha value is -3.39. The maximum Gasteiger partial charge on any atom is 0.270 e. The Morgan fingerprint density at radius 3 is 2.40 bits per heavy atom. The molecule has 0 atom stereocenters. The number of nitrogens with zero attached hydrogens (tertiary/aromatic N) is 1. The molecule has 3 aromatic carbocycles. The van der Waals surface area contributed by atoms with Crippen molar-refractivity contribution in [3.63, 3.8) is 0 Å². The number of ether oxygens (including phenoxy) is 2. The molecule has 6 nitrogen and oxygen atoms in total. The molecule has 0 saturated carbocycles. The number of thiocarbonyl (C=S) groups is 1. The van der Waals surface area contributed by atoms with Crippen LogP contribution in [0.2, 0.25) is 10.0 Å². The number of para-hydroxylation sites is 1. The topological polar surface area (TPSA) is 67.9 Å². The zero-order valence-electron chi connectivity index (χ0n) is 18.6. The number of halogens is 2. The van der Waals surface area contributed by atoms with Crippen molar-refractivity contribution in [1.29, 1.82) is 0 Å². The molecular formula is C26H20Cl2N2O4S. The van der Waals surface area contributed by atoms with E-state index in [4.69, 9.17) is 44.9 Å². The fourth-order valence-electron chi connectivity index (χ4n) is 3.48. The molecule has 0 aliphatic carbocycles. The molecular weight excluding hydrogens is 507 g/mol. The van der Waals surface area contributed by atoms with Crippen LogP contribution in [0.15, 0.2) is 72.3 Å². The molecule has 1 saturated heterocycles. The molecule has 1 fully saturated rings. The first-order valence-corrected chi connectivity index (χ1v) is 11.8. The molecule has 1 heterocycles. The van der Waals surface area contributed by atoms with Gasteiger partial charge in [0.1, 0.15) is 12.2 Å². The summed E-state index contributed by atoms with van der Waals surface area (Å²) in [6.07, 6.45) is 1.45. The Balaban J connectivity index is 1.66. The van der Waals surface area contributed by atoms with Crippen molar-refractivity contribution in [2.24, 2.45) is 0 Å². The average Bonchev–Trinajstić information content (AvgIpc) is 2.83. The maximum atomic E-state index is 13.2. The van der Waals surface area contributed by atoms with E-state index in [9.17, 15) is 9.59 Å². The second-order valence-electron chi connectivity index (χ2n) is 7.44. The standard InChI is InChI=1S/C26H20Cl2N2O4S/c1-2-33-22-14-16(13-21(28)23(22)34-15-17-8-6-7-11-20(17)27)12-19-24(31)29-26(35)30(25(19)32)18-9-4-3-5-10-18/h3-14H,2,15H2,1H3,(H,29,31,35)/b19-12-. The Morgan fingerprint density at radius 2 is 1.69 bits per heavy atom. The van der Waals surface area contributed by atoms with Crippen molar-refractivity contribution in [2.75, 3.05) is 11.5 Å². The largest absolute Gasteiger partial charge is 0.490 e. The third-order valence-corrected chi connectivity index (χ3v) is 6.02. The third kappa shape index (κ3) is 5.48. The van der Waals surface area contributed by atoms with Gasteiger partial charge in [-0.1, -0.05) is 59.6 Å². The van der Waals surface area contributed by atoms with Crippen molar-refractivity contribution in [2.45, 2.75) is 13.5 Å². The van der Waals surface area contributed by atoms with Gasteiger partial charge in [0.25, 0.3) is 11.8 Å². The van der Waals surface area contributed by atoms with E-state index in [2.05, 4.69) is 5.32 Å². The van der Waals surface area contributed by atoms with Gasteiger partial charge in [0.05, 0.1) is 17.3 Å². The molecule has 9 heteroatoms. The van der Waals surface area contributed by atoms with E-state index in [0.29, 0.717) is 34.4 Å². The van der Waals surface area contributed by atoms with Gasteiger partial charge in [-0.15, -0.1) is 0 Å². The summed E-state index contributed by atoms with van der Waals surface area (Å²) >= 11 is 18.0. The monoisotopic (exact) mass is 526 g/mol. The van der Waals surface area contributed by atoms with Crippen LogP contribution in [0.1, 0.15) is 18.1 Å². The van der Waals surface area contributed by atoms with Crippen LogP contribution >= 0.6 is 35.4 Å². The summed E-state index contributed by atoms with van der Waals surface area (Å²) < 4.78 is 11.7. The number of hydrogen-bond donors (Lipinski definition) is 1. The molecule has 3 aromatic rings. The summed E-state index contributed by atoms with van der Waals surface area (Å²) in [6.45, 7) is 2.37. The molecule has 1 N–H and O–H groups in total. The van der Waals surface area contributed by atoms with Crippen molar-refractivity contribution < 1.29 is 19.1 Å². The second-order valence-corrected chi connectivity index (χ2v) is 8.64. The molecule has 0 aromatic heterocycles. The van der Waals surface area contributed by atoms with Gasteiger partial charge in [0, 0.05) is 10.6 Å². The van der Waals surface area contributed by atoms with Gasteiger partial charge < -0.3 is 9.47 Å². The second kappa shape index (κ2) is 10.9. The van der Waals surface area contributed by atoms with Crippen molar-refractivity contribution >= 4 is 64.1 Å². The smallest absolute Gasteiger partial charge is 0.270 e. The third-order valence-electron chi connectivity index (χ3n) is 5.09. The summed E-state index contributed by atoms with van der Waals surface area (Å²) in [5, 5.41) is 3.41. The highest BCUT2D eigenvalue weighted by Gasteiger charge is 2.34. The summed E-state index contributed by atoms with van der Waals surface area (Å²) in [5.74, 6) is -0.432. The molecule has 0 spiro atoms. The van der Waals surface area contributed by atoms with E-state index in [1.165, 1.54) is 11.0 Å². The van der Waals surface area contributed by atoms with Crippen LogP contribution in [0.25, 0.3) is 6.08 Å². The van der Waals surface area contributed by atoms with E-state index >= 15 is 0 Å². The Kier molecular flexibility index (Phi) is 7.70. The highest BCUT2D eigenvalue weighted by Crippen LogP contribution is 2.38. The van der Waals surface area contributed by atoms with Gasteiger partial charge >= 0.3 is 0 Å². The van der Waals surface area contributed by atoms with Crippen LogP contribution in [0, 0.1) is 0 Å². The summed E-state index contributed by atoms with van der Waals surface area (Å²) in [5.41, 5.74) is 1.73. The van der Waals surface area contributed by atoms with Crippen LogP contribution in [-0.2, 0) is 16.2 Å². The highest BCUT2D eigenvalue weighted by molar-refractivity contribution is 7.80. The number of carbonyl (C=O) groups excluding carboxylic acids is 2. The number of hydrogen-bond acceptors (Lipinski definition) is 5. The molecule has 4 rings (SSSR count). The molecule has 0 bridgehead atoms. The Morgan fingerprint density at radius 1 is 0.971 bits per heavy atom. The molecule has 1 aliphatic rings. The predicted molar refractivity (Wildman–Crippen MR) is 141 cm³/mol. The molecule has 2 amide bonds. The van der Waals surface area contributed by atoms with Gasteiger partial charge in [-0.3, -0.25) is 19.8 Å². The zero-order chi connectivity index (χ0) is 24.9. The lowest BCUT2D eigenvalue weighted by molar-refractivity contribution is -0.122. The molecule has 0 radical (unpaired) electrons. The van der Waals surface area contributed by atoms with Gasteiger partial charge in [-0.2, -0.15) is 0 Å². The molecule has 178 valence electrons. The summed E-state index contributed by atoms with van der Waals surface area (Å²) in [6, 6.07) is 19.4. The SMILES string of the molecule is CCOc1cc(/C=C2/C(=O)NC(=S)N(c3ccccc3)C2=O)cc(Cl)c1OCc1ccccc1Cl. The van der Waals surface area contributed by atoms with Crippen LogP contribution in [0.5, 0.6) is 11.5 Å². The van der Waals surface area contributed by atoms with Crippen LogP contribution in [0.3, 0.4) is 0 Å². The number of carbonyl (C=O) groups is 2. The zero-order valence-corrected chi connectivity index (χ0v) is 20.9. The highest BCUT2D eigenvalue weighted by atomic mass is 35.5. The predicted octanol–water partition coefficient (Wildman–Crippen LogP) is 5.80. The fourth-order valence-corrected chi connectivity index (χ4v) is 4.22. The lowest BCUT2D eigenvalue weighted by Gasteiger charge is -2.28. The van der Waals surface area contributed by atoms with E-state index in [1.807, 2.05) is 31.2 Å². The normalized spacial score (nSPS) is 14.8. The van der Waals surface area contributed by atoms with E-state index in [-0.39, 0.29) is 22.3 Å². The number of nitrogens with one attached hydrogen (secondary N) is 1. The van der Waals surface area contributed by atoms with Gasteiger partial charge in [-0.25, -0.2) is 0 Å². The van der Waals surface area contributed by atoms with Gasteiger partial charge in [0.15, 0.2) is 16.6 Å². The number of benzene rings is 3. The number of anilines is 1. The number of amides is 2. The van der Waals surface area contributed by atoms with Crippen molar-refractivity contribution in [3.05, 3.63) is 93.5 Å². The maximum absolute atomic E-state index is 13.2. The summed E-state index contributed by atoms with van der Waals surface area (Å²) in [4.78, 5) is 27.1.